The molecule has 0 atom stereocenters. The minimum atomic E-state index is 1.19. The molecule has 0 spiro atoms. The molecule has 0 N–H and O–H groups in total. The molecule has 0 rings (SSSR count). The molecule has 0 bridgehead atoms. The average Bonchev–Trinajstić information content (AvgIpc) is 1.41. The van der Waals surface area contributed by atoms with Gasteiger partial charge in [0.2, 0.25) is 0 Å². The van der Waals surface area contributed by atoms with E-state index in [1.165, 1.54) is 14.2 Å². The minimum Gasteiger partial charge on any atom is -0.214 e. The molecule has 5 heavy (non-hydrogen) atoms. The van der Waals surface area contributed by atoms with Crippen molar-refractivity contribution in [1.29, 1.82) is 5.26 Å². The molecule has 0 unspecified atom stereocenters. The Morgan fingerprint density at radius 1 is 1.80 bits per heavy atom. The van der Waals surface area contributed by atoms with Crippen molar-refractivity contribution in [2.24, 2.45) is 0 Å². The third kappa shape index (κ3) is 3.68. The van der Waals surface area contributed by atoms with Gasteiger partial charge in [-0.25, -0.2) is 5.26 Å². The summed E-state index contributed by atoms with van der Waals surface area (Å²) in [5, 5.41) is 7.65. The highest BCUT2D eigenvalue weighted by molar-refractivity contribution is 7.26. The van der Waals surface area contributed by atoms with E-state index in [1.54, 1.807) is 5.97 Å². The highest BCUT2D eigenvalue weighted by Gasteiger charge is 1.73. The first-order valence-corrected chi connectivity index (χ1v) is 1.18. The van der Waals surface area contributed by atoms with Gasteiger partial charge < -0.3 is 0 Å². The van der Waals surface area contributed by atoms with E-state index >= 15 is 0 Å². The van der Waals surface area contributed by atoms with Crippen molar-refractivity contribution >= 4 is 22.0 Å². The largest absolute Gasteiger partial charge is 0.214 e. The predicted octanol–water partition coefficient (Wildman–Crippen LogP) is -1.13. The SMILES string of the molecule is [B][B][B]C#N. The maximum absolute atomic E-state index is 7.65. The molecule has 0 aliphatic carbocycles. The predicted molar refractivity (Wildman–Crippen MR) is 22.9 cm³/mol. The molecule has 0 aromatic carbocycles. The van der Waals surface area contributed by atoms with E-state index in [2.05, 4.69) is 0 Å². The number of hydrogen-bond donors (Lipinski definition) is 0. The fourth-order valence-electron chi connectivity index (χ4n) is 0.0430. The molecule has 0 aromatic heterocycles. The van der Waals surface area contributed by atoms with Gasteiger partial charge in [-0.2, -0.15) is 0 Å². The maximum Gasteiger partial charge on any atom is 0.196 e. The lowest BCUT2D eigenvalue weighted by Gasteiger charge is -1.58. The van der Waals surface area contributed by atoms with E-state index in [0.717, 1.165) is 0 Å². The van der Waals surface area contributed by atoms with Gasteiger partial charge in [-0.15, -0.1) is 0 Å². The van der Waals surface area contributed by atoms with Gasteiger partial charge in [-0.3, -0.25) is 0 Å². The van der Waals surface area contributed by atoms with E-state index < -0.39 is 0 Å². The summed E-state index contributed by atoms with van der Waals surface area (Å²) < 4.78 is 0. The Balaban J connectivity index is 2.48. The molecular weight excluding hydrogens is 58.5 g/mol. The summed E-state index contributed by atoms with van der Waals surface area (Å²) in [6.45, 7) is 0. The second-order valence-corrected chi connectivity index (χ2v) is 0.488. The van der Waals surface area contributed by atoms with E-state index in [9.17, 15) is 0 Å². The van der Waals surface area contributed by atoms with Gasteiger partial charge in [-0.05, 0) is 5.97 Å². The molecule has 1 nitrogen and oxygen atoms in total. The molecule has 0 saturated heterocycles. The zero-order valence-electron chi connectivity index (χ0n) is 2.68. The topological polar surface area (TPSA) is 23.8 Å². The van der Waals surface area contributed by atoms with Crippen molar-refractivity contribution in [3.05, 3.63) is 0 Å². The van der Waals surface area contributed by atoms with Gasteiger partial charge in [0.25, 0.3) is 0 Å². The lowest BCUT2D eigenvalue weighted by molar-refractivity contribution is 1.56. The Kier molecular flexibility index (Phi) is 3.45. The highest BCUT2D eigenvalue weighted by atomic mass is 14.2. The minimum absolute atomic E-state index is 1.19. The third-order valence-electron chi connectivity index (χ3n) is 0.171. The number of rotatable bonds is 1. The van der Waals surface area contributed by atoms with Crippen molar-refractivity contribution in [3.8, 4) is 5.97 Å². The summed E-state index contributed by atoms with van der Waals surface area (Å²) in [6.07, 6.45) is 0. The molecule has 18 valence electrons. The second-order valence-electron chi connectivity index (χ2n) is 0.488. The van der Waals surface area contributed by atoms with Gasteiger partial charge in [0.05, 0.1) is 0 Å². The number of hydrogen-bond acceptors (Lipinski definition) is 1. The summed E-state index contributed by atoms with van der Waals surface area (Å²) in [7, 11) is 7.14. The van der Waals surface area contributed by atoms with Crippen LogP contribution in [0.15, 0.2) is 0 Å². The average molecular weight is 58.5 g/mol. The second kappa shape index (κ2) is 3.68. The van der Waals surface area contributed by atoms with Crippen LogP contribution in [0.1, 0.15) is 0 Å². The summed E-state index contributed by atoms with van der Waals surface area (Å²) in [6, 6.07) is 0. The normalized spacial score (nSPS) is 4.60. The van der Waals surface area contributed by atoms with Crippen molar-refractivity contribution in [2.75, 3.05) is 0 Å². The first-order chi connectivity index (χ1) is 2.41. The molecule has 0 aliphatic heterocycles. The Morgan fingerprint density at radius 2 is 2.40 bits per heavy atom. The van der Waals surface area contributed by atoms with Crippen molar-refractivity contribution in [1.82, 2.24) is 0 Å². The first-order valence-electron chi connectivity index (χ1n) is 1.18. The Hall–Kier alpha value is -0.315. The van der Waals surface area contributed by atoms with Crippen LogP contribution >= 0.6 is 0 Å². The Bertz CT molecular complexity index is 45.3. The first kappa shape index (κ1) is 4.68. The molecule has 0 aromatic rings. The zero-order chi connectivity index (χ0) is 4.12. The Labute approximate surface area is 34.2 Å². The summed E-state index contributed by atoms with van der Waals surface area (Å²) in [5.41, 5.74) is 0. The maximum atomic E-state index is 7.65. The molecule has 0 aliphatic rings. The fourth-order valence-corrected chi connectivity index (χ4v) is 0.0430. The van der Waals surface area contributed by atoms with Crippen LogP contribution in [-0.4, -0.2) is 22.0 Å². The van der Waals surface area contributed by atoms with E-state index in [1.807, 2.05) is 0 Å². The van der Waals surface area contributed by atoms with E-state index in [0.29, 0.717) is 0 Å². The fraction of sp³-hybridized carbons (Fsp3) is 0. The lowest BCUT2D eigenvalue weighted by Crippen LogP contribution is -1.97. The summed E-state index contributed by atoms with van der Waals surface area (Å²) in [4.78, 5) is 0. The van der Waals surface area contributed by atoms with Gasteiger partial charge >= 0.3 is 0 Å². The summed E-state index contributed by atoms with van der Waals surface area (Å²) in [5.74, 6) is 1.71. The molecule has 0 heterocycles. The van der Waals surface area contributed by atoms with Gasteiger partial charge in [0.1, 0.15) is 0 Å². The van der Waals surface area contributed by atoms with Crippen LogP contribution in [0.3, 0.4) is 0 Å². The highest BCUT2D eigenvalue weighted by Crippen LogP contribution is 1.37. The molecule has 4 radical (unpaired) electrons. The van der Waals surface area contributed by atoms with Crippen LogP contribution in [0, 0.1) is 11.2 Å². The zero-order valence-corrected chi connectivity index (χ0v) is 2.68. The molecule has 0 amide bonds. The van der Waals surface area contributed by atoms with Crippen LogP contribution in [0.5, 0.6) is 0 Å². The van der Waals surface area contributed by atoms with E-state index in [-0.39, 0.29) is 0 Å². The smallest absolute Gasteiger partial charge is 0.196 e. The third-order valence-corrected chi connectivity index (χ3v) is 0.171. The molecule has 4 heteroatoms. The van der Waals surface area contributed by atoms with Crippen LogP contribution < -0.4 is 0 Å². The van der Waals surface area contributed by atoms with Crippen molar-refractivity contribution in [3.63, 3.8) is 0 Å². The Morgan fingerprint density at radius 3 is 2.40 bits per heavy atom. The number of nitriles is 1. The number of nitrogens with zero attached hydrogens (tertiary/aromatic N) is 1. The van der Waals surface area contributed by atoms with Crippen molar-refractivity contribution < 1.29 is 0 Å². The molecular formula is CB3N. The van der Waals surface area contributed by atoms with Gasteiger partial charge in [-0.1, -0.05) is 0 Å². The lowest BCUT2D eigenvalue weighted by atomic mass is 9.29. The van der Waals surface area contributed by atoms with Crippen LogP contribution in [0.4, 0.5) is 0 Å². The summed E-state index contributed by atoms with van der Waals surface area (Å²) >= 11 is 0. The van der Waals surface area contributed by atoms with Crippen LogP contribution in [-0.2, 0) is 0 Å². The van der Waals surface area contributed by atoms with Crippen molar-refractivity contribution in [2.45, 2.75) is 0 Å². The molecule has 0 saturated carbocycles. The standard InChI is InChI=1S/CB3N/c2-4-3-1-5. The van der Waals surface area contributed by atoms with Crippen LogP contribution in [0.2, 0.25) is 0 Å². The van der Waals surface area contributed by atoms with Gasteiger partial charge in [0, 0.05) is 14.8 Å². The van der Waals surface area contributed by atoms with E-state index in [4.69, 9.17) is 13.0 Å². The quantitative estimate of drug-likeness (QED) is 0.350. The van der Waals surface area contributed by atoms with Gasteiger partial charge in [0.15, 0.2) is 7.17 Å². The monoisotopic (exact) mass is 59.0 g/mol. The van der Waals surface area contributed by atoms with Crippen LogP contribution in [0.25, 0.3) is 0 Å². The molecule has 0 fully saturated rings.